The summed E-state index contributed by atoms with van der Waals surface area (Å²) in [7, 11) is 1.50. The van der Waals surface area contributed by atoms with E-state index < -0.39 is 5.97 Å². The molecule has 3 nitrogen and oxygen atoms in total. The third-order valence-electron chi connectivity index (χ3n) is 1.15. The first-order valence-corrected chi connectivity index (χ1v) is 3.67. The minimum atomic E-state index is -0.407. The average molecular weight is 170 g/mol. The zero-order valence-corrected chi connectivity index (χ0v) is 7.50. The number of carbonyl (C=O) groups is 1. The number of carbonyl (C=O) groups excluding carboxylic acids is 1. The molecule has 0 aromatic heterocycles. The molecule has 0 atom stereocenters. The van der Waals surface area contributed by atoms with E-state index in [1.807, 2.05) is 13.0 Å². The molecule has 0 spiro atoms. The molecule has 0 radical (unpaired) electrons. The van der Waals surface area contributed by atoms with E-state index in [0.29, 0.717) is 5.57 Å². The maximum Gasteiger partial charge on any atom is 0.336 e. The molecular formula is C9H14O3. The van der Waals surface area contributed by atoms with Crippen LogP contribution in [-0.4, -0.2) is 26.3 Å². The summed E-state index contributed by atoms with van der Waals surface area (Å²) in [6.45, 7) is 5.87. The van der Waals surface area contributed by atoms with E-state index in [4.69, 9.17) is 9.47 Å². The topological polar surface area (TPSA) is 35.5 Å². The van der Waals surface area contributed by atoms with E-state index in [9.17, 15) is 4.79 Å². The van der Waals surface area contributed by atoms with E-state index in [1.54, 1.807) is 6.08 Å². The van der Waals surface area contributed by atoms with Crippen molar-refractivity contribution in [1.82, 2.24) is 0 Å². The van der Waals surface area contributed by atoms with Crippen LogP contribution in [0.2, 0.25) is 0 Å². The standard InChI is InChI=1S/C9H14O3/c1-4-5-6-12-9(10)8(2)7-11-3/h4-5H,2,6-7H2,1,3H3. The van der Waals surface area contributed by atoms with Gasteiger partial charge in [0.1, 0.15) is 6.61 Å². The average Bonchev–Trinajstić information content (AvgIpc) is 2.05. The molecule has 3 heteroatoms. The van der Waals surface area contributed by atoms with Crippen LogP contribution in [0.4, 0.5) is 0 Å². The van der Waals surface area contributed by atoms with Gasteiger partial charge >= 0.3 is 5.97 Å². The van der Waals surface area contributed by atoms with Crippen molar-refractivity contribution in [2.45, 2.75) is 6.92 Å². The summed E-state index contributed by atoms with van der Waals surface area (Å²) in [5, 5.41) is 0. The first-order valence-electron chi connectivity index (χ1n) is 3.67. The first-order chi connectivity index (χ1) is 5.72. The van der Waals surface area contributed by atoms with Crippen LogP contribution in [0.3, 0.4) is 0 Å². The van der Waals surface area contributed by atoms with Gasteiger partial charge in [-0.05, 0) is 6.92 Å². The van der Waals surface area contributed by atoms with Gasteiger partial charge in [0, 0.05) is 7.11 Å². The molecule has 0 fully saturated rings. The Balaban J connectivity index is 3.64. The van der Waals surface area contributed by atoms with Gasteiger partial charge in [-0.1, -0.05) is 18.7 Å². The maximum absolute atomic E-state index is 11.0. The van der Waals surface area contributed by atoms with Crippen LogP contribution in [0.25, 0.3) is 0 Å². The lowest BCUT2D eigenvalue weighted by Crippen LogP contribution is -2.10. The van der Waals surface area contributed by atoms with Crippen LogP contribution in [-0.2, 0) is 14.3 Å². The minimum Gasteiger partial charge on any atom is -0.458 e. The fraction of sp³-hybridized carbons (Fsp3) is 0.444. The smallest absolute Gasteiger partial charge is 0.336 e. The van der Waals surface area contributed by atoms with Gasteiger partial charge in [-0.2, -0.15) is 0 Å². The zero-order chi connectivity index (χ0) is 9.40. The van der Waals surface area contributed by atoms with Crippen molar-refractivity contribution in [3.05, 3.63) is 24.3 Å². The second kappa shape index (κ2) is 6.61. The molecule has 68 valence electrons. The van der Waals surface area contributed by atoms with Crippen LogP contribution >= 0.6 is 0 Å². The molecule has 0 aliphatic heterocycles. The molecule has 0 amide bonds. The van der Waals surface area contributed by atoms with E-state index in [2.05, 4.69) is 6.58 Å². The van der Waals surface area contributed by atoms with Crippen LogP contribution in [0.15, 0.2) is 24.3 Å². The molecule has 0 rings (SSSR count). The Morgan fingerprint density at radius 3 is 2.75 bits per heavy atom. The predicted octanol–water partition coefficient (Wildman–Crippen LogP) is 1.31. The highest BCUT2D eigenvalue weighted by Gasteiger charge is 2.05. The van der Waals surface area contributed by atoms with Crippen molar-refractivity contribution in [3.8, 4) is 0 Å². The lowest BCUT2D eigenvalue weighted by atomic mass is 10.3. The molecule has 0 N–H and O–H groups in total. The van der Waals surface area contributed by atoms with Gasteiger partial charge < -0.3 is 9.47 Å². The van der Waals surface area contributed by atoms with Crippen molar-refractivity contribution < 1.29 is 14.3 Å². The van der Waals surface area contributed by atoms with Crippen molar-refractivity contribution in [2.24, 2.45) is 0 Å². The Morgan fingerprint density at radius 2 is 2.25 bits per heavy atom. The summed E-state index contributed by atoms with van der Waals surface area (Å²) in [6.07, 6.45) is 3.56. The monoisotopic (exact) mass is 170 g/mol. The van der Waals surface area contributed by atoms with Gasteiger partial charge in [0.25, 0.3) is 0 Å². The predicted molar refractivity (Wildman–Crippen MR) is 46.8 cm³/mol. The highest BCUT2D eigenvalue weighted by Crippen LogP contribution is 1.94. The second-order valence-electron chi connectivity index (χ2n) is 2.20. The highest BCUT2D eigenvalue weighted by atomic mass is 16.5. The molecule has 0 unspecified atom stereocenters. The summed E-state index contributed by atoms with van der Waals surface area (Å²) in [5.74, 6) is -0.407. The number of hydrogen-bond acceptors (Lipinski definition) is 3. The molecule has 0 saturated heterocycles. The van der Waals surface area contributed by atoms with E-state index in [1.165, 1.54) is 7.11 Å². The van der Waals surface area contributed by atoms with Gasteiger partial charge in [0.05, 0.1) is 12.2 Å². The molecule has 0 saturated carbocycles. The Labute approximate surface area is 72.7 Å². The van der Waals surface area contributed by atoms with E-state index >= 15 is 0 Å². The van der Waals surface area contributed by atoms with E-state index in [-0.39, 0.29) is 13.2 Å². The lowest BCUT2D eigenvalue weighted by molar-refractivity contribution is -0.138. The van der Waals surface area contributed by atoms with Crippen molar-refractivity contribution in [3.63, 3.8) is 0 Å². The Bertz CT molecular complexity index is 182. The molecule has 12 heavy (non-hydrogen) atoms. The number of allylic oxidation sites excluding steroid dienone is 1. The Morgan fingerprint density at radius 1 is 1.58 bits per heavy atom. The summed E-state index contributed by atoms with van der Waals surface area (Å²) >= 11 is 0. The minimum absolute atomic E-state index is 0.217. The zero-order valence-electron chi connectivity index (χ0n) is 7.50. The molecule has 0 aromatic carbocycles. The third-order valence-corrected chi connectivity index (χ3v) is 1.15. The maximum atomic E-state index is 11.0. The third kappa shape index (κ3) is 4.68. The molecule has 0 aliphatic rings. The van der Waals surface area contributed by atoms with Gasteiger partial charge in [0.2, 0.25) is 0 Å². The lowest BCUT2D eigenvalue weighted by Gasteiger charge is -2.02. The SMILES string of the molecule is C=C(COC)C(=O)OCC=CC. The molecule has 0 bridgehead atoms. The van der Waals surface area contributed by atoms with Crippen molar-refractivity contribution >= 4 is 5.97 Å². The molecular weight excluding hydrogens is 156 g/mol. The molecule has 0 aliphatic carbocycles. The summed E-state index contributed by atoms with van der Waals surface area (Å²) in [6, 6.07) is 0. The van der Waals surface area contributed by atoms with Crippen LogP contribution in [0, 0.1) is 0 Å². The molecule has 0 heterocycles. The molecule has 0 aromatic rings. The fourth-order valence-corrected chi connectivity index (χ4v) is 0.555. The largest absolute Gasteiger partial charge is 0.458 e. The Kier molecular flexibility index (Phi) is 6.01. The quantitative estimate of drug-likeness (QED) is 0.354. The van der Waals surface area contributed by atoms with Crippen LogP contribution in [0.5, 0.6) is 0 Å². The number of hydrogen-bond donors (Lipinski definition) is 0. The number of methoxy groups -OCH3 is 1. The normalized spacial score (nSPS) is 10.2. The Hall–Kier alpha value is -1.09. The van der Waals surface area contributed by atoms with Gasteiger partial charge in [0.15, 0.2) is 0 Å². The van der Waals surface area contributed by atoms with Gasteiger partial charge in [-0.15, -0.1) is 0 Å². The van der Waals surface area contributed by atoms with E-state index in [0.717, 1.165) is 0 Å². The number of esters is 1. The first kappa shape index (κ1) is 10.9. The number of ether oxygens (including phenoxy) is 2. The fourth-order valence-electron chi connectivity index (χ4n) is 0.555. The van der Waals surface area contributed by atoms with Crippen LogP contribution < -0.4 is 0 Å². The highest BCUT2D eigenvalue weighted by molar-refractivity contribution is 5.88. The van der Waals surface area contributed by atoms with Crippen molar-refractivity contribution in [1.29, 1.82) is 0 Å². The van der Waals surface area contributed by atoms with Crippen molar-refractivity contribution in [2.75, 3.05) is 20.3 Å². The van der Waals surface area contributed by atoms with Crippen LogP contribution in [0.1, 0.15) is 6.92 Å². The summed E-state index contributed by atoms with van der Waals surface area (Å²) in [4.78, 5) is 11.0. The summed E-state index contributed by atoms with van der Waals surface area (Å²) < 4.78 is 9.50. The van der Waals surface area contributed by atoms with Gasteiger partial charge in [-0.25, -0.2) is 4.79 Å². The van der Waals surface area contributed by atoms with Gasteiger partial charge in [-0.3, -0.25) is 0 Å². The summed E-state index contributed by atoms with van der Waals surface area (Å²) in [5.41, 5.74) is 0.335. The number of rotatable bonds is 5. The second-order valence-corrected chi connectivity index (χ2v) is 2.20.